The number of hydrogen-bond donors (Lipinski definition) is 1. The van der Waals surface area contributed by atoms with E-state index in [1.807, 2.05) is 6.92 Å². The van der Waals surface area contributed by atoms with Crippen molar-refractivity contribution in [2.75, 3.05) is 39.5 Å². The van der Waals surface area contributed by atoms with E-state index in [0.717, 1.165) is 25.9 Å². The van der Waals surface area contributed by atoms with Crippen LogP contribution < -0.4 is 9.46 Å². The molecule has 0 amide bonds. The van der Waals surface area contributed by atoms with Crippen molar-refractivity contribution in [3.05, 3.63) is 22.7 Å². The Labute approximate surface area is 171 Å². The molecule has 27 heavy (non-hydrogen) atoms. The molecule has 1 fully saturated rings. The topological polar surface area (TPSA) is 67.9 Å². The normalized spacial score (nSPS) is 17.2. The van der Waals surface area contributed by atoms with Crippen molar-refractivity contribution in [2.24, 2.45) is 5.92 Å². The lowest BCUT2D eigenvalue weighted by molar-refractivity contribution is 0.00297. The molecule has 0 spiro atoms. The van der Waals surface area contributed by atoms with Gasteiger partial charge >= 0.3 is 0 Å². The van der Waals surface area contributed by atoms with Crippen LogP contribution >= 0.6 is 15.9 Å². The number of rotatable bonds is 10. The standard InChI is InChI=1S/C19H31BrN2O4S/c1-4-15(5-2)17(22-9-11-25-12-10-22)14-21-27(23,24)19-13-16(20)7-8-18(19)26-6-3/h7-8,13,15,17,21H,4-6,9-12,14H2,1-3H3. The molecule has 1 aliphatic heterocycles. The quantitative estimate of drug-likeness (QED) is 0.577. The van der Waals surface area contributed by atoms with Crippen LogP contribution in [0, 0.1) is 5.92 Å². The number of halogens is 1. The molecule has 1 N–H and O–H groups in total. The molecule has 0 saturated carbocycles. The van der Waals surface area contributed by atoms with Gasteiger partial charge in [0.05, 0.1) is 19.8 Å². The molecule has 0 radical (unpaired) electrons. The number of nitrogens with one attached hydrogen (secondary N) is 1. The molecular formula is C19H31BrN2O4S. The average molecular weight is 463 g/mol. The minimum Gasteiger partial charge on any atom is -0.492 e. The molecule has 6 nitrogen and oxygen atoms in total. The number of nitrogens with zero attached hydrogens (tertiary/aromatic N) is 1. The summed E-state index contributed by atoms with van der Waals surface area (Å²) in [6.07, 6.45) is 2.03. The van der Waals surface area contributed by atoms with Crippen molar-refractivity contribution < 1.29 is 17.9 Å². The first-order valence-electron chi connectivity index (χ1n) is 9.66. The zero-order valence-corrected chi connectivity index (χ0v) is 18.8. The molecule has 1 heterocycles. The third-order valence-electron chi connectivity index (χ3n) is 5.09. The first-order valence-corrected chi connectivity index (χ1v) is 11.9. The monoisotopic (exact) mass is 462 g/mol. The third kappa shape index (κ3) is 6.15. The van der Waals surface area contributed by atoms with E-state index in [9.17, 15) is 8.42 Å². The Morgan fingerprint density at radius 1 is 1.22 bits per heavy atom. The number of benzene rings is 1. The van der Waals surface area contributed by atoms with E-state index in [4.69, 9.17) is 9.47 Å². The highest BCUT2D eigenvalue weighted by Gasteiger charge is 2.29. The fraction of sp³-hybridized carbons (Fsp3) is 0.684. The summed E-state index contributed by atoms with van der Waals surface area (Å²) < 4.78 is 40.6. The molecule has 0 bridgehead atoms. The van der Waals surface area contributed by atoms with E-state index >= 15 is 0 Å². The molecule has 154 valence electrons. The van der Waals surface area contributed by atoms with Crippen molar-refractivity contribution in [2.45, 2.75) is 44.6 Å². The van der Waals surface area contributed by atoms with Crippen LogP contribution in [0.25, 0.3) is 0 Å². The second kappa shape index (κ2) is 10.8. The third-order valence-corrected chi connectivity index (χ3v) is 7.02. The van der Waals surface area contributed by atoms with Gasteiger partial charge in [0.1, 0.15) is 10.6 Å². The number of morpholine rings is 1. The second-order valence-electron chi connectivity index (χ2n) is 6.67. The number of sulfonamides is 1. The molecular weight excluding hydrogens is 432 g/mol. The predicted octanol–water partition coefficient (Wildman–Crippen LogP) is 3.26. The maximum atomic E-state index is 13.0. The van der Waals surface area contributed by atoms with E-state index in [-0.39, 0.29) is 10.9 Å². The van der Waals surface area contributed by atoms with Crippen LogP contribution in [0.15, 0.2) is 27.6 Å². The van der Waals surface area contributed by atoms with Gasteiger partial charge in [0.2, 0.25) is 10.0 Å². The smallest absolute Gasteiger partial charge is 0.244 e. The summed E-state index contributed by atoms with van der Waals surface area (Å²) in [6, 6.07) is 5.21. The van der Waals surface area contributed by atoms with E-state index in [2.05, 4.69) is 39.4 Å². The van der Waals surface area contributed by atoms with E-state index in [0.29, 0.717) is 42.5 Å². The van der Waals surface area contributed by atoms with Crippen LogP contribution in [0.3, 0.4) is 0 Å². The maximum Gasteiger partial charge on any atom is 0.244 e. The average Bonchev–Trinajstić information content (AvgIpc) is 2.67. The summed E-state index contributed by atoms with van der Waals surface area (Å²) in [4.78, 5) is 2.53. The van der Waals surface area contributed by atoms with Crippen LogP contribution in [-0.2, 0) is 14.8 Å². The number of ether oxygens (including phenoxy) is 2. The first kappa shape index (κ1) is 22.6. The molecule has 1 aliphatic rings. The Kier molecular flexibility index (Phi) is 9.01. The minimum atomic E-state index is -3.68. The van der Waals surface area contributed by atoms with Crippen molar-refractivity contribution in [3.63, 3.8) is 0 Å². The summed E-state index contributed by atoms with van der Waals surface area (Å²) in [5.41, 5.74) is 0. The summed E-state index contributed by atoms with van der Waals surface area (Å²) >= 11 is 3.36. The van der Waals surface area contributed by atoms with Gasteiger partial charge in [0.25, 0.3) is 0 Å². The van der Waals surface area contributed by atoms with Crippen LogP contribution in [0.2, 0.25) is 0 Å². The van der Waals surface area contributed by atoms with Gasteiger partial charge in [0.15, 0.2) is 0 Å². The number of hydrogen-bond acceptors (Lipinski definition) is 5. The zero-order chi connectivity index (χ0) is 19.9. The summed E-state index contributed by atoms with van der Waals surface area (Å²) in [7, 11) is -3.68. The Hall–Kier alpha value is -0.670. The van der Waals surface area contributed by atoms with Crippen molar-refractivity contribution in [3.8, 4) is 5.75 Å². The summed E-state index contributed by atoms with van der Waals surface area (Å²) in [6.45, 7) is 10.0. The predicted molar refractivity (Wildman–Crippen MR) is 111 cm³/mol. The Morgan fingerprint density at radius 3 is 2.48 bits per heavy atom. The van der Waals surface area contributed by atoms with E-state index < -0.39 is 10.0 Å². The van der Waals surface area contributed by atoms with Gasteiger partial charge in [-0.15, -0.1) is 0 Å². The summed E-state index contributed by atoms with van der Waals surface area (Å²) in [5.74, 6) is 0.804. The molecule has 1 atom stereocenters. The molecule has 1 unspecified atom stereocenters. The molecule has 1 aromatic carbocycles. The van der Waals surface area contributed by atoms with Gasteiger partial charge in [-0.3, -0.25) is 4.90 Å². The van der Waals surface area contributed by atoms with E-state index in [1.165, 1.54) is 0 Å². The molecule has 0 aliphatic carbocycles. The summed E-state index contributed by atoms with van der Waals surface area (Å²) in [5, 5.41) is 0. The highest BCUT2D eigenvalue weighted by Crippen LogP contribution is 2.28. The van der Waals surface area contributed by atoms with E-state index in [1.54, 1.807) is 18.2 Å². The molecule has 0 aromatic heterocycles. The van der Waals surface area contributed by atoms with Crippen LogP contribution in [0.4, 0.5) is 0 Å². The SMILES string of the molecule is CCOc1ccc(Br)cc1S(=O)(=O)NCC(C(CC)CC)N1CCOCC1. The molecule has 2 rings (SSSR count). The van der Waals surface area contributed by atoms with Gasteiger partial charge in [-0.2, -0.15) is 0 Å². The zero-order valence-electron chi connectivity index (χ0n) is 16.4. The lowest BCUT2D eigenvalue weighted by atomic mass is 9.92. The van der Waals surface area contributed by atoms with Crippen molar-refractivity contribution in [1.82, 2.24) is 9.62 Å². The van der Waals surface area contributed by atoms with Gasteiger partial charge in [-0.25, -0.2) is 13.1 Å². The highest BCUT2D eigenvalue weighted by molar-refractivity contribution is 9.10. The van der Waals surface area contributed by atoms with Crippen LogP contribution in [0.1, 0.15) is 33.6 Å². The van der Waals surface area contributed by atoms with Crippen molar-refractivity contribution in [1.29, 1.82) is 0 Å². The van der Waals surface area contributed by atoms with Gasteiger partial charge < -0.3 is 9.47 Å². The fourth-order valence-electron chi connectivity index (χ4n) is 3.58. The van der Waals surface area contributed by atoms with Gasteiger partial charge in [0, 0.05) is 30.1 Å². The lowest BCUT2D eigenvalue weighted by Gasteiger charge is -2.38. The van der Waals surface area contributed by atoms with Gasteiger partial charge in [-0.05, 0) is 31.0 Å². The molecule has 8 heteroatoms. The Balaban J connectivity index is 2.20. The molecule has 1 saturated heterocycles. The second-order valence-corrected chi connectivity index (χ2v) is 9.32. The largest absolute Gasteiger partial charge is 0.492 e. The molecule has 1 aromatic rings. The lowest BCUT2D eigenvalue weighted by Crippen LogP contribution is -2.52. The Bertz CT molecular complexity index is 689. The van der Waals surface area contributed by atoms with Gasteiger partial charge in [-0.1, -0.05) is 42.6 Å². The highest BCUT2D eigenvalue weighted by atomic mass is 79.9. The minimum absolute atomic E-state index is 0.154. The van der Waals surface area contributed by atoms with Crippen LogP contribution in [-0.4, -0.2) is 58.8 Å². The first-order chi connectivity index (χ1) is 12.9. The van der Waals surface area contributed by atoms with Crippen molar-refractivity contribution >= 4 is 26.0 Å². The maximum absolute atomic E-state index is 13.0. The van der Waals surface area contributed by atoms with Crippen LogP contribution in [0.5, 0.6) is 5.75 Å². The Morgan fingerprint density at radius 2 is 1.89 bits per heavy atom. The fourth-order valence-corrected chi connectivity index (χ4v) is 5.31.